The van der Waals surface area contributed by atoms with Gasteiger partial charge in [-0.05, 0) is 49.7 Å². The van der Waals surface area contributed by atoms with Crippen LogP contribution in [0.15, 0.2) is 47.5 Å². The second-order valence-electron chi connectivity index (χ2n) is 4.48. The Bertz CT molecular complexity index is 665. The number of hydrogen-bond donors (Lipinski definition) is 2. The van der Waals surface area contributed by atoms with Crippen molar-refractivity contribution in [2.75, 3.05) is 11.3 Å². The van der Waals surface area contributed by atoms with E-state index in [1.807, 2.05) is 6.92 Å². The molecule has 0 aliphatic heterocycles. The summed E-state index contributed by atoms with van der Waals surface area (Å²) in [7, 11) is -3.58. The number of anilines is 1. The summed E-state index contributed by atoms with van der Waals surface area (Å²) in [5, 5.41) is 0. The Labute approximate surface area is 118 Å². The average Bonchev–Trinajstić information content (AvgIpc) is 2.42. The lowest BCUT2D eigenvalue weighted by molar-refractivity contribution is 0.601. The van der Waals surface area contributed by atoms with Gasteiger partial charge in [0.05, 0.1) is 16.8 Å². The van der Waals surface area contributed by atoms with E-state index < -0.39 is 10.0 Å². The maximum Gasteiger partial charge on any atom is 0.261 e. The molecule has 0 atom stereocenters. The molecule has 0 fully saturated rings. The van der Waals surface area contributed by atoms with E-state index in [0.29, 0.717) is 12.2 Å². The van der Waals surface area contributed by atoms with E-state index in [4.69, 9.17) is 5.73 Å². The first kappa shape index (κ1) is 14.5. The maximum absolute atomic E-state index is 12.2. The van der Waals surface area contributed by atoms with E-state index in [1.165, 1.54) is 6.20 Å². The Morgan fingerprint density at radius 3 is 2.40 bits per heavy atom. The predicted octanol–water partition coefficient (Wildman–Crippen LogP) is 1.69. The molecule has 2 aromatic rings. The molecule has 0 aliphatic carbocycles. The number of benzene rings is 1. The second kappa shape index (κ2) is 6.02. The van der Waals surface area contributed by atoms with Gasteiger partial charge in [-0.2, -0.15) is 0 Å². The fourth-order valence-corrected chi connectivity index (χ4v) is 2.79. The van der Waals surface area contributed by atoms with E-state index in [1.54, 1.807) is 36.4 Å². The molecule has 0 saturated heterocycles. The van der Waals surface area contributed by atoms with E-state index in [2.05, 4.69) is 9.71 Å². The van der Waals surface area contributed by atoms with Gasteiger partial charge in [-0.3, -0.25) is 9.71 Å². The predicted molar refractivity (Wildman–Crippen MR) is 79.0 cm³/mol. The highest BCUT2D eigenvalue weighted by molar-refractivity contribution is 7.92. The van der Waals surface area contributed by atoms with Crippen LogP contribution >= 0.6 is 0 Å². The van der Waals surface area contributed by atoms with Gasteiger partial charge in [-0.15, -0.1) is 0 Å². The normalized spacial score (nSPS) is 11.3. The molecule has 2 rings (SSSR count). The standard InChI is InChI=1S/C14H17N3O2S/c1-11-2-5-13(10-16-11)17-20(18,19)14-6-3-12(4-7-14)8-9-15/h2-7,10,17H,8-9,15H2,1H3. The molecular weight excluding hydrogens is 274 g/mol. The fraction of sp³-hybridized carbons (Fsp3) is 0.214. The summed E-state index contributed by atoms with van der Waals surface area (Å²) in [4.78, 5) is 4.28. The molecule has 1 aromatic carbocycles. The number of aryl methyl sites for hydroxylation is 1. The lowest BCUT2D eigenvalue weighted by Crippen LogP contribution is -2.13. The van der Waals surface area contributed by atoms with Crippen LogP contribution in [0.1, 0.15) is 11.3 Å². The largest absolute Gasteiger partial charge is 0.330 e. The number of sulfonamides is 1. The van der Waals surface area contributed by atoms with Crippen LogP contribution in [0, 0.1) is 6.92 Å². The van der Waals surface area contributed by atoms with Crippen LogP contribution in [0.25, 0.3) is 0 Å². The summed E-state index contributed by atoms with van der Waals surface area (Å²) in [5.41, 5.74) is 7.76. The molecule has 106 valence electrons. The Kier molecular flexibility index (Phi) is 4.36. The zero-order chi connectivity index (χ0) is 14.6. The van der Waals surface area contributed by atoms with Crippen LogP contribution in [0.5, 0.6) is 0 Å². The molecular formula is C14H17N3O2S. The minimum Gasteiger partial charge on any atom is -0.330 e. The van der Waals surface area contributed by atoms with Crippen molar-refractivity contribution in [2.45, 2.75) is 18.2 Å². The van der Waals surface area contributed by atoms with Crippen LogP contribution in [0.3, 0.4) is 0 Å². The van der Waals surface area contributed by atoms with Gasteiger partial charge in [0.1, 0.15) is 0 Å². The number of nitrogens with zero attached hydrogens (tertiary/aromatic N) is 1. The number of aromatic nitrogens is 1. The molecule has 0 spiro atoms. The minimum absolute atomic E-state index is 0.221. The third-order valence-electron chi connectivity index (χ3n) is 2.83. The van der Waals surface area contributed by atoms with Gasteiger partial charge >= 0.3 is 0 Å². The van der Waals surface area contributed by atoms with Crippen LogP contribution in [-0.4, -0.2) is 19.9 Å². The SMILES string of the molecule is Cc1ccc(NS(=O)(=O)c2ccc(CCN)cc2)cn1. The molecule has 6 heteroatoms. The van der Waals surface area contributed by atoms with Gasteiger partial charge in [-0.25, -0.2) is 8.42 Å². The number of pyridine rings is 1. The lowest BCUT2D eigenvalue weighted by Gasteiger charge is -2.08. The number of nitrogens with two attached hydrogens (primary N) is 1. The van der Waals surface area contributed by atoms with Crippen LogP contribution in [0.2, 0.25) is 0 Å². The van der Waals surface area contributed by atoms with Crippen molar-refractivity contribution in [3.8, 4) is 0 Å². The summed E-state index contributed by atoms with van der Waals surface area (Å²) >= 11 is 0. The van der Waals surface area contributed by atoms with Gasteiger partial charge < -0.3 is 5.73 Å². The van der Waals surface area contributed by atoms with Gasteiger partial charge in [0.15, 0.2) is 0 Å². The summed E-state index contributed by atoms with van der Waals surface area (Å²) in [6.45, 7) is 2.38. The van der Waals surface area contributed by atoms with Crippen LogP contribution in [-0.2, 0) is 16.4 Å². The molecule has 0 amide bonds. The monoisotopic (exact) mass is 291 g/mol. The summed E-state index contributed by atoms with van der Waals surface area (Å²) in [6.07, 6.45) is 2.23. The molecule has 1 aromatic heterocycles. The summed E-state index contributed by atoms with van der Waals surface area (Å²) in [5.74, 6) is 0. The van der Waals surface area contributed by atoms with E-state index in [9.17, 15) is 8.42 Å². The molecule has 0 aliphatic rings. The van der Waals surface area contributed by atoms with Gasteiger partial charge in [0.25, 0.3) is 10.0 Å². The van der Waals surface area contributed by atoms with Crippen molar-refractivity contribution in [3.05, 3.63) is 53.9 Å². The number of hydrogen-bond acceptors (Lipinski definition) is 4. The van der Waals surface area contributed by atoms with Crippen LogP contribution in [0.4, 0.5) is 5.69 Å². The summed E-state index contributed by atoms with van der Waals surface area (Å²) in [6, 6.07) is 10.1. The van der Waals surface area contributed by atoms with Crippen molar-refractivity contribution in [2.24, 2.45) is 5.73 Å². The smallest absolute Gasteiger partial charge is 0.261 e. The first-order chi connectivity index (χ1) is 9.51. The van der Waals surface area contributed by atoms with Gasteiger partial charge in [0.2, 0.25) is 0 Å². The molecule has 0 saturated carbocycles. The first-order valence-electron chi connectivity index (χ1n) is 6.26. The molecule has 0 radical (unpaired) electrons. The van der Waals surface area contributed by atoms with E-state index in [0.717, 1.165) is 17.7 Å². The highest BCUT2D eigenvalue weighted by atomic mass is 32.2. The van der Waals surface area contributed by atoms with Crippen LogP contribution < -0.4 is 10.5 Å². The second-order valence-corrected chi connectivity index (χ2v) is 6.16. The van der Waals surface area contributed by atoms with Crippen molar-refractivity contribution in [1.82, 2.24) is 4.98 Å². The Morgan fingerprint density at radius 2 is 1.85 bits per heavy atom. The third-order valence-corrected chi connectivity index (χ3v) is 4.23. The summed E-state index contributed by atoms with van der Waals surface area (Å²) < 4.78 is 26.9. The zero-order valence-corrected chi connectivity index (χ0v) is 12.0. The first-order valence-corrected chi connectivity index (χ1v) is 7.74. The Hall–Kier alpha value is -1.92. The van der Waals surface area contributed by atoms with Crippen molar-refractivity contribution >= 4 is 15.7 Å². The maximum atomic E-state index is 12.2. The minimum atomic E-state index is -3.58. The molecule has 5 nitrogen and oxygen atoms in total. The molecule has 0 bridgehead atoms. The lowest BCUT2D eigenvalue weighted by atomic mass is 10.2. The molecule has 3 N–H and O–H groups in total. The fourth-order valence-electron chi connectivity index (χ4n) is 1.74. The van der Waals surface area contributed by atoms with Crippen molar-refractivity contribution < 1.29 is 8.42 Å². The highest BCUT2D eigenvalue weighted by Gasteiger charge is 2.13. The van der Waals surface area contributed by atoms with Gasteiger partial charge in [-0.1, -0.05) is 12.1 Å². The van der Waals surface area contributed by atoms with E-state index >= 15 is 0 Å². The molecule has 1 heterocycles. The highest BCUT2D eigenvalue weighted by Crippen LogP contribution is 2.16. The zero-order valence-electron chi connectivity index (χ0n) is 11.2. The molecule has 20 heavy (non-hydrogen) atoms. The average molecular weight is 291 g/mol. The van der Waals surface area contributed by atoms with E-state index in [-0.39, 0.29) is 4.90 Å². The van der Waals surface area contributed by atoms with Gasteiger partial charge in [0, 0.05) is 5.69 Å². The van der Waals surface area contributed by atoms with Crippen molar-refractivity contribution in [3.63, 3.8) is 0 Å². The Morgan fingerprint density at radius 1 is 1.15 bits per heavy atom. The third kappa shape index (κ3) is 3.55. The van der Waals surface area contributed by atoms with Crippen molar-refractivity contribution in [1.29, 1.82) is 0 Å². The molecule has 0 unspecified atom stereocenters. The quantitative estimate of drug-likeness (QED) is 0.878. The number of nitrogens with one attached hydrogen (secondary N) is 1. The topological polar surface area (TPSA) is 85.1 Å². The number of rotatable bonds is 5. The Balaban J connectivity index is 2.19.